The predicted octanol–water partition coefficient (Wildman–Crippen LogP) is 2.04. The number of hydrogen-bond donors (Lipinski definition) is 2. The van der Waals surface area contributed by atoms with Crippen LogP contribution in [-0.4, -0.2) is 34.0 Å². The molecule has 2 heterocycles. The highest BCUT2D eigenvalue weighted by Crippen LogP contribution is 2.23. The Labute approximate surface area is 154 Å². The molecule has 1 aliphatic heterocycles. The Kier molecular flexibility index (Phi) is 5.27. The van der Waals surface area contributed by atoms with Crippen LogP contribution in [0.4, 0.5) is 10.5 Å². The maximum atomic E-state index is 12.7. The number of rotatable bonds is 5. The summed E-state index contributed by atoms with van der Waals surface area (Å²) >= 11 is 1.26. The van der Waals surface area contributed by atoms with Crippen LogP contribution in [0.3, 0.4) is 0 Å². The first-order valence-corrected chi connectivity index (χ1v) is 9.04. The first kappa shape index (κ1) is 18.0. The molecule has 2 aromatic rings. The Balaban J connectivity index is 1.77. The summed E-state index contributed by atoms with van der Waals surface area (Å²) in [6.07, 6.45) is 0.200. The molecule has 0 radical (unpaired) electrons. The number of aromatic nitrogens is 2. The molecule has 136 valence electrons. The number of para-hydroxylation sites is 1. The van der Waals surface area contributed by atoms with Gasteiger partial charge in [0.15, 0.2) is 0 Å². The van der Waals surface area contributed by atoms with E-state index >= 15 is 0 Å². The van der Waals surface area contributed by atoms with E-state index in [0.29, 0.717) is 17.8 Å². The fourth-order valence-electron chi connectivity index (χ4n) is 2.73. The number of nitrogens with one attached hydrogen (secondary N) is 2. The summed E-state index contributed by atoms with van der Waals surface area (Å²) < 4.78 is 3.95. The summed E-state index contributed by atoms with van der Waals surface area (Å²) in [5.41, 5.74) is 1.72. The lowest BCUT2D eigenvalue weighted by molar-refractivity contribution is -0.120. The minimum absolute atomic E-state index is 0.200. The Morgan fingerprint density at radius 2 is 2.12 bits per heavy atom. The second kappa shape index (κ2) is 7.61. The summed E-state index contributed by atoms with van der Waals surface area (Å²) in [5, 5.41) is 9.23. The monoisotopic (exact) mass is 373 g/mol. The first-order valence-electron chi connectivity index (χ1n) is 8.27. The van der Waals surface area contributed by atoms with Crippen molar-refractivity contribution in [2.45, 2.75) is 32.7 Å². The lowest BCUT2D eigenvalue weighted by atomic mass is 10.1. The summed E-state index contributed by atoms with van der Waals surface area (Å²) in [6, 6.07) is 6.31. The standard InChI is InChI=1S/C17H19N5O3S/c1-10(2)15-13(26-21-20-15)9-18-16(24)11-5-3-4-6-12(11)22-8-7-14(23)19-17(22)25/h3-6,10H,7-9H2,1-2H3,(H,18,24)(H,19,23,25). The number of nitrogens with zero attached hydrogens (tertiary/aromatic N) is 3. The fourth-order valence-corrected chi connectivity index (χ4v) is 3.46. The molecule has 0 atom stereocenters. The number of anilines is 1. The molecule has 2 N–H and O–H groups in total. The summed E-state index contributed by atoms with van der Waals surface area (Å²) in [5.74, 6) is -0.386. The van der Waals surface area contributed by atoms with E-state index in [4.69, 9.17) is 0 Å². The molecule has 1 aliphatic rings. The lowest BCUT2D eigenvalue weighted by Crippen LogP contribution is -2.50. The molecule has 1 saturated heterocycles. The smallest absolute Gasteiger partial charge is 0.328 e. The summed E-state index contributed by atoms with van der Waals surface area (Å²) in [7, 11) is 0. The highest BCUT2D eigenvalue weighted by atomic mass is 32.1. The molecular formula is C17H19N5O3S. The van der Waals surface area contributed by atoms with Crippen LogP contribution in [0.25, 0.3) is 0 Å². The van der Waals surface area contributed by atoms with Crippen LogP contribution >= 0.6 is 11.5 Å². The molecule has 0 saturated carbocycles. The van der Waals surface area contributed by atoms with Gasteiger partial charge in [0.1, 0.15) is 0 Å². The quantitative estimate of drug-likeness (QED) is 0.835. The molecule has 0 bridgehead atoms. The maximum Gasteiger partial charge on any atom is 0.328 e. The summed E-state index contributed by atoms with van der Waals surface area (Å²) in [4.78, 5) is 38.4. The van der Waals surface area contributed by atoms with E-state index < -0.39 is 6.03 Å². The number of carbonyl (C=O) groups is 3. The van der Waals surface area contributed by atoms with Gasteiger partial charge >= 0.3 is 6.03 Å². The van der Waals surface area contributed by atoms with Gasteiger partial charge < -0.3 is 5.32 Å². The van der Waals surface area contributed by atoms with Crippen LogP contribution in [0.1, 0.15) is 47.1 Å². The second-order valence-corrected chi connectivity index (χ2v) is 7.03. The molecule has 26 heavy (non-hydrogen) atoms. The van der Waals surface area contributed by atoms with E-state index in [1.165, 1.54) is 16.4 Å². The van der Waals surface area contributed by atoms with Gasteiger partial charge in [-0.05, 0) is 29.6 Å². The number of imide groups is 1. The molecule has 1 aromatic heterocycles. The minimum atomic E-state index is -0.518. The van der Waals surface area contributed by atoms with Crippen LogP contribution in [0.15, 0.2) is 24.3 Å². The van der Waals surface area contributed by atoms with Gasteiger partial charge in [0.25, 0.3) is 5.91 Å². The zero-order valence-electron chi connectivity index (χ0n) is 14.5. The van der Waals surface area contributed by atoms with E-state index in [-0.39, 0.29) is 30.7 Å². The largest absolute Gasteiger partial charge is 0.347 e. The zero-order valence-corrected chi connectivity index (χ0v) is 15.3. The van der Waals surface area contributed by atoms with E-state index in [2.05, 4.69) is 20.2 Å². The maximum absolute atomic E-state index is 12.7. The molecule has 1 fully saturated rings. The molecule has 0 aliphatic carbocycles. The van der Waals surface area contributed by atoms with Crippen molar-refractivity contribution in [2.75, 3.05) is 11.4 Å². The van der Waals surface area contributed by atoms with Crippen molar-refractivity contribution in [3.63, 3.8) is 0 Å². The van der Waals surface area contributed by atoms with E-state index in [9.17, 15) is 14.4 Å². The second-order valence-electron chi connectivity index (χ2n) is 6.19. The van der Waals surface area contributed by atoms with Gasteiger partial charge in [-0.2, -0.15) is 0 Å². The highest BCUT2D eigenvalue weighted by molar-refractivity contribution is 7.05. The predicted molar refractivity (Wildman–Crippen MR) is 97.1 cm³/mol. The normalized spacial score (nSPS) is 14.5. The molecule has 0 spiro atoms. The van der Waals surface area contributed by atoms with Crippen molar-refractivity contribution in [3.8, 4) is 0 Å². The molecule has 9 heteroatoms. The van der Waals surface area contributed by atoms with Crippen LogP contribution in [-0.2, 0) is 11.3 Å². The Hall–Kier alpha value is -2.81. The number of hydrogen-bond acceptors (Lipinski definition) is 6. The first-order chi connectivity index (χ1) is 12.5. The van der Waals surface area contributed by atoms with Crippen LogP contribution < -0.4 is 15.5 Å². The molecule has 0 unspecified atom stereocenters. The highest BCUT2D eigenvalue weighted by Gasteiger charge is 2.27. The van der Waals surface area contributed by atoms with Crippen molar-refractivity contribution >= 4 is 35.1 Å². The third-order valence-electron chi connectivity index (χ3n) is 4.04. The number of benzene rings is 1. The SMILES string of the molecule is CC(C)c1nnsc1CNC(=O)c1ccccc1N1CCC(=O)NC1=O. The number of carbonyl (C=O) groups excluding carboxylic acids is 3. The van der Waals surface area contributed by atoms with Gasteiger partial charge in [0.2, 0.25) is 5.91 Å². The van der Waals surface area contributed by atoms with Crippen LogP contribution in [0.5, 0.6) is 0 Å². The van der Waals surface area contributed by atoms with Gasteiger partial charge in [-0.3, -0.25) is 19.8 Å². The third-order valence-corrected chi connectivity index (χ3v) is 4.77. The fraction of sp³-hybridized carbons (Fsp3) is 0.353. The molecule has 8 nitrogen and oxygen atoms in total. The van der Waals surface area contributed by atoms with Crippen LogP contribution in [0.2, 0.25) is 0 Å². The van der Waals surface area contributed by atoms with Gasteiger partial charge in [0, 0.05) is 13.0 Å². The van der Waals surface area contributed by atoms with Gasteiger partial charge in [-0.15, -0.1) is 5.10 Å². The Morgan fingerprint density at radius 3 is 2.85 bits per heavy atom. The van der Waals surface area contributed by atoms with Gasteiger partial charge in [-0.1, -0.05) is 30.5 Å². The lowest BCUT2D eigenvalue weighted by Gasteiger charge is -2.28. The van der Waals surface area contributed by atoms with Gasteiger partial charge in [0.05, 0.1) is 28.4 Å². The summed E-state index contributed by atoms with van der Waals surface area (Å²) in [6.45, 7) is 4.61. The molecule has 1 aromatic carbocycles. The third kappa shape index (κ3) is 3.72. The van der Waals surface area contributed by atoms with Gasteiger partial charge in [-0.25, -0.2) is 4.79 Å². The van der Waals surface area contributed by atoms with Crippen molar-refractivity contribution in [3.05, 3.63) is 40.4 Å². The topological polar surface area (TPSA) is 104 Å². The van der Waals surface area contributed by atoms with E-state index in [0.717, 1.165) is 10.6 Å². The van der Waals surface area contributed by atoms with E-state index in [1.807, 2.05) is 13.8 Å². The molecule has 4 amide bonds. The Morgan fingerprint density at radius 1 is 1.35 bits per heavy atom. The number of urea groups is 1. The minimum Gasteiger partial charge on any atom is -0.347 e. The number of amides is 4. The molecular weight excluding hydrogens is 354 g/mol. The average Bonchev–Trinajstić information content (AvgIpc) is 3.09. The molecule has 3 rings (SSSR count). The van der Waals surface area contributed by atoms with Crippen LogP contribution in [0, 0.1) is 0 Å². The Bertz CT molecular complexity index is 848. The zero-order chi connectivity index (χ0) is 18.7. The van der Waals surface area contributed by atoms with Crippen molar-refractivity contribution in [1.29, 1.82) is 0 Å². The van der Waals surface area contributed by atoms with Crippen molar-refractivity contribution < 1.29 is 14.4 Å². The van der Waals surface area contributed by atoms with Crippen molar-refractivity contribution in [1.82, 2.24) is 20.2 Å². The average molecular weight is 373 g/mol. The van der Waals surface area contributed by atoms with Crippen molar-refractivity contribution in [2.24, 2.45) is 0 Å². The van der Waals surface area contributed by atoms with E-state index in [1.54, 1.807) is 24.3 Å².